The van der Waals surface area contributed by atoms with Crippen molar-refractivity contribution in [2.75, 3.05) is 19.8 Å². The quantitative estimate of drug-likeness (QED) is 0.198. The van der Waals surface area contributed by atoms with Crippen molar-refractivity contribution in [2.24, 2.45) is 0 Å². The normalized spacial score (nSPS) is 25.2. The molecule has 1 saturated heterocycles. The maximum atomic E-state index is 12.2. The highest BCUT2D eigenvalue weighted by molar-refractivity contribution is 6.67. The van der Waals surface area contributed by atoms with E-state index in [4.69, 9.17) is 63.2 Å². The van der Waals surface area contributed by atoms with Crippen molar-refractivity contribution in [2.45, 2.75) is 55.2 Å². The van der Waals surface area contributed by atoms with Crippen LogP contribution in [0.2, 0.25) is 0 Å². The SMILES string of the molecule is CC(=O)OC[C@@H]1OC(OCC=O)C(NC(=O)OCC(Cl)(Cl)Cl)C(OC(C)=O)C1OC(C)=O. The van der Waals surface area contributed by atoms with Crippen molar-refractivity contribution in [3.8, 4) is 0 Å². The third kappa shape index (κ3) is 10.2. The molecule has 0 aliphatic carbocycles. The van der Waals surface area contributed by atoms with Crippen LogP contribution < -0.4 is 5.32 Å². The number of amides is 1. The summed E-state index contributed by atoms with van der Waals surface area (Å²) in [6.07, 6.45) is -6.06. The lowest BCUT2D eigenvalue weighted by Gasteiger charge is -2.44. The summed E-state index contributed by atoms with van der Waals surface area (Å²) in [5.41, 5.74) is 0. The molecule has 12 nitrogen and oxygen atoms in total. The molecule has 32 heavy (non-hydrogen) atoms. The topological polar surface area (TPSA) is 153 Å². The summed E-state index contributed by atoms with van der Waals surface area (Å²) in [4.78, 5) is 57.7. The molecule has 4 unspecified atom stereocenters. The van der Waals surface area contributed by atoms with Crippen LogP contribution in [0.1, 0.15) is 20.8 Å². The molecule has 1 amide bonds. The fraction of sp³-hybridized carbons (Fsp3) is 0.706. The van der Waals surface area contributed by atoms with Crippen molar-refractivity contribution in [3.63, 3.8) is 0 Å². The number of carbonyl (C=O) groups excluding carboxylic acids is 5. The van der Waals surface area contributed by atoms with Crippen LogP contribution in [0.5, 0.6) is 0 Å². The van der Waals surface area contributed by atoms with E-state index < -0.39 is 78.3 Å². The Labute approximate surface area is 198 Å². The first-order chi connectivity index (χ1) is 14.8. The first kappa shape index (κ1) is 28.2. The van der Waals surface area contributed by atoms with Crippen LogP contribution in [0.15, 0.2) is 0 Å². The molecule has 15 heteroatoms. The molecule has 1 rings (SSSR count). The minimum atomic E-state index is -1.90. The molecule has 0 saturated carbocycles. The van der Waals surface area contributed by atoms with E-state index in [0.29, 0.717) is 6.29 Å². The van der Waals surface area contributed by atoms with Gasteiger partial charge in [0.15, 0.2) is 18.5 Å². The Hall–Kier alpha value is -1.86. The monoisotopic (exact) mass is 521 g/mol. The second-order valence-corrected chi connectivity index (χ2v) is 8.87. The molecule has 0 aromatic heterocycles. The number of hydrogen-bond acceptors (Lipinski definition) is 11. The summed E-state index contributed by atoms with van der Waals surface area (Å²) < 4.78 is 29.2. The number of hydrogen-bond donors (Lipinski definition) is 1. The summed E-state index contributed by atoms with van der Waals surface area (Å²) in [5.74, 6) is -2.26. The maximum Gasteiger partial charge on any atom is 0.407 e. The number of aldehydes is 1. The molecule has 0 radical (unpaired) electrons. The molecule has 0 spiro atoms. The number of nitrogens with one attached hydrogen (secondary N) is 1. The number of alkyl halides is 3. The maximum absolute atomic E-state index is 12.2. The van der Waals surface area contributed by atoms with Crippen molar-refractivity contribution in [1.29, 1.82) is 0 Å². The van der Waals surface area contributed by atoms with E-state index in [9.17, 15) is 24.0 Å². The van der Waals surface area contributed by atoms with Crippen LogP contribution >= 0.6 is 34.8 Å². The highest BCUT2D eigenvalue weighted by atomic mass is 35.6. The van der Waals surface area contributed by atoms with Crippen molar-refractivity contribution >= 4 is 65.1 Å². The number of alkyl carbamates (subject to hydrolysis) is 1. The second kappa shape index (κ2) is 13.0. The molecule has 1 aliphatic rings. The molecular formula is C17H22Cl3NO11. The first-order valence-corrected chi connectivity index (χ1v) is 10.2. The zero-order chi connectivity index (χ0) is 24.5. The molecule has 0 aromatic rings. The highest BCUT2D eigenvalue weighted by Gasteiger charge is 2.51. The fourth-order valence-electron chi connectivity index (χ4n) is 2.66. The van der Waals surface area contributed by atoms with E-state index in [1.807, 2.05) is 0 Å². The number of carbonyl (C=O) groups is 5. The van der Waals surface area contributed by atoms with Crippen LogP contribution in [0.4, 0.5) is 4.79 Å². The van der Waals surface area contributed by atoms with Crippen molar-refractivity contribution < 1.29 is 52.4 Å². The van der Waals surface area contributed by atoms with E-state index in [0.717, 1.165) is 20.8 Å². The summed E-state index contributed by atoms with van der Waals surface area (Å²) in [5, 5.41) is 2.32. The van der Waals surface area contributed by atoms with E-state index in [-0.39, 0.29) is 0 Å². The Kier molecular flexibility index (Phi) is 11.4. The number of rotatable bonds is 9. The molecule has 1 fully saturated rings. The van der Waals surface area contributed by atoms with Crippen LogP contribution in [0.3, 0.4) is 0 Å². The minimum Gasteiger partial charge on any atom is -0.463 e. The molecule has 1 heterocycles. The van der Waals surface area contributed by atoms with Gasteiger partial charge in [0, 0.05) is 20.8 Å². The smallest absolute Gasteiger partial charge is 0.407 e. The van der Waals surface area contributed by atoms with Crippen molar-refractivity contribution in [1.82, 2.24) is 5.32 Å². The number of ether oxygens (including phenoxy) is 6. The van der Waals surface area contributed by atoms with Crippen molar-refractivity contribution in [3.05, 3.63) is 0 Å². The van der Waals surface area contributed by atoms with E-state index in [1.165, 1.54) is 0 Å². The lowest BCUT2D eigenvalue weighted by atomic mass is 9.96. The highest BCUT2D eigenvalue weighted by Crippen LogP contribution is 2.29. The van der Waals surface area contributed by atoms with Gasteiger partial charge in [-0.05, 0) is 0 Å². The number of esters is 3. The molecule has 1 N–H and O–H groups in total. The van der Waals surface area contributed by atoms with Gasteiger partial charge in [-0.2, -0.15) is 0 Å². The van der Waals surface area contributed by atoms with Gasteiger partial charge in [0.1, 0.15) is 38.3 Å². The molecule has 5 atom stereocenters. The minimum absolute atomic E-state index is 0.404. The average Bonchev–Trinajstić information content (AvgIpc) is 2.65. The third-order valence-corrected chi connectivity index (χ3v) is 4.01. The van der Waals surface area contributed by atoms with Gasteiger partial charge in [-0.1, -0.05) is 34.8 Å². The summed E-state index contributed by atoms with van der Waals surface area (Å²) >= 11 is 16.6. The van der Waals surface area contributed by atoms with Gasteiger partial charge >= 0.3 is 24.0 Å². The Bertz CT molecular complexity index is 700. The largest absolute Gasteiger partial charge is 0.463 e. The Morgan fingerprint density at radius 3 is 2.06 bits per heavy atom. The van der Waals surface area contributed by atoms with Gasteiger partial charge in [-0.25, -0.2) is 4.79 Å². The van der Waals surface area contributed by atoms with Gasteiger partial charge in [0.25, 0.3) is 0 Å². The van der Waals surface area contributed by atoms with E-state index >= 15 is 0 Å². The Morgan fingerprint density at radius 2 is 1.56 bits per heavy atom. The van der Waals surface area contributed by atoms with Crippen LogP contribution in [-0.2, 0) is 47.6 Å². The standard InChI is InChI=1S/C17H22Cl3NO11/c1-8(23)28-6-11-13(30-9(2)24)14(31-10(3)25)12(15(32-11)27-5-4-22)21-16(26)29-7-17(18,19)20/h4,11-15H,5-7H2,1-3H3,(H,21,26)/t11-,12?,13?,14?,15?/m0/s1. The summed E-state index contributed by atoms with van der Waals surface area (Å²) in [7, 11) is 0. The number of halogens is 3. The first-order valence-electron chi connectivity index (χ1n) is 9.02. The molecule has 182 valence electrons. The molecule has 0 bridgehead atoms. The zero-order valence-electron chi connectivity index (χ0n) is 17.2. The lowest BCUT2D eigenvalue weighted by Crippen LogP contribution is -2.66. The molecule has 1 aliphatic heterocycles. The predicted octanol–water partition coefficient (Wildman–Crippen LogP) is 0.818. The Morgan fingerprint density at radius 1 is 0.969 bits per heavy atom. The summed E-state index contributed by atoms with van der Waals surface area (Å²) in [6.45, 7) is 1.77. The van der Waals surface area contributed by atoms with Gasteiger partial charge in [-0.15, -0.1) is 0 Å². The van der Waals surface area contributed by atoms with Gasteiger partial charge in [-0.3, -0.25) is 14.4 Å². The predicted molar refractivity (Wildman–Crippen MR) is 107 cm³/mol. The summed E-state index contributed by atoms with van der Waals surface area (Å²) in [6, 6.07) is -1.35. The van der Waals surface area contributed by atoms with Gasteiger partial charge < -0.3 is 38.5 Å². The average molecular weight is 523 g/mol. The Balaban J connectivity index is 3.25. The van der Waals surface area contributed by atoms with Crippen LogP contribution in [0.25, 0.3) is 0 Å². The van der Waals surface area contributed by atoms with E-state index in [1.54, 1.807) is 0 Å². The zero-order valence-corrected chi connectivity index (χ0v) is 19.5. The van der Waals surface area contributed by atoms with E-state index in [2.05, 4.69) is 5.32 Å². The van der Waals surface area contributed by atoms with Gasteiger partial charge in [0.05, 0.1) is 0 Å². The lowest BCUT2D eigenvalue weighted by molar-refractivity contribution is -0.275. The fourth-order valence-corrected chi connectivity index (χ4v) is 2.82. The molecular weight excluding hydrogens is 501 g/mol. The second-order valence-electron chi connectivity index (χ2n) is 6.36. The van der Waals surface area contributed by atoms with Crippen LogP contribution in [0, 0.1) is 0 Å². The third-order valence-electron chi connectivity index (χ3n) is 3.68. The molecule has 0 aromatic carbocycles. The van der Waals surface area contributed by atoms with Crippen LogP contribution in [-0.4, -0.2) is 84.5 Å². The van der Waals surface area contributed by atoms with Gasteiger partial charge in [0.2, 0.25) is 3.79 Å².